The number of nitrogens with one attached hydrogen (secondary N) is 1. The number of aromatic nitrogens is 2. The molecule has 3 rings (SSSR count). The largest absolute Gasteiger partial charge is 0.416 e. The molecule has 7 heteroatoms. The molecule has 1 N–H and O–H groups in total. The number of aryl methyl sites for hydroxylation is 1. The van der Waals surface area contributed by atoms with Crippen LogP contribution in [0.4, 0.5) is 36.3 Å². The molecular formula is C20H19F3N4. The first-order valence-electron chi connectivity index (χ1n) is 8.49. The normalized spacial score (nSPS) is 11.3. The molecule has 0 bridgehead atoms. The molecule has 0 aliphatic rings. The van der Waals surface area contributed by atoms with E-state index < -0.39 is 11.7 Å². The van der Waals surface area contributed by atoms with Crippen LogP contribution in [0.25, 0.3) is 0 Å². The lowest BCUT2D eigenvalue weighted by Crippen LogP contribution is -2.19. The molecule has 0 amide bonds. The third-order valence-corrected chi connectivity index (χ3v) is 3.93. The Labute approximate surface area is 155 Å². The fraction of sp³-hybridized carbons (Fsp3) is 0.200. The Bertz CT molecular complexity index is 911. The second-order valence-electron chi connectivity index (χ2n) is 5.98. The van der Waals surface area contributed by atoms with Gasteiger partial charge in [-0.3, -0.25) is 0 Å². The fourth-order valence-corrected chi connectivity index (χ4v) is 2.71. The van der Waals surface area contributed by atoms with Gasteiger partial charge in [0.2, 0.25) is 5.95 Å². The van der Waals surface area contributed by atoms with E-state index in [0.29, 0.717) is 29.7 Å². The van der Waals surface area contributed by atoms with Crippen LogP contribution in [-0.2, 0) is 6.18 Å². The van der Waals surface area contributed by atoms with E-state index in [9.17, 15) is 13.2 Å². The molecule has 0 aliphatic heterocycles. The van der Waals surface area contributed by atoms with Crippen LogP contribution in [0.15, 0.2) is 60.7 Å². The van der Waals surface area contributed by atoms with Crippen molar-refractivity contribution < 1.29 is 13.2 Å². The number of hydrogen-bond donors (Lipinski definition) is 1. The number of halogens is 3. The molecular weight excluding hydrogens is 353 g/mol. The lowest BCUT2D eigenvalue weighted by Gasteiger charge is -2.22. The molecule has 2 aromatic carbocycles. The Hall–Kier alpha value is -3.09. The van der Waals surface area contributed by atoms with Gasteiger partial charge in [0.25, 0.3) is 0 Å². The highest BCUT2D eigenvalue weighted by Gasteiger charge is 2.30. The van der Waals surface area contributed by atoms with Crippen LogP contribution in [0.1, 0.15) is 18.2 Å². The highest BCUT2D eigenvalue weighted by molar-refractivity contribution is 5.62. The summed E-state index contributed by atoms with van der Waals surface area (Å²) in [6, 6.07) is 16.4. The SMILES string of the molecule is CCN(c1ccccc1)c1nc(C)cc(Nc2cccc(C(F)(F)F)c2)n1. The third kappa shape index (κ3) is 4.55. The Kier molecular flexibility index (Phi) is 5.30. The standard InChI is InChI=1S/C20H19F3N4/c1-3-27(17-10-5-4-6-11-17)19-24-14(2)12-18(26-19)25-16-9-7-8-15(13-16)20(21,22)23/h4-13H,3H2,1-2H3,(H,24,25,26). The van der Waals surface area contributed by atoms with Crippen LogP contribution >= 0.6 is 0 Å². The number of rotatable bonds is 5. The van der Waals surface area contributed by atoms with Gasteiger partial charge >= 0.3 is 6.18 Å². The van der Waals surface area contributed by atoms with Crippen LogP contribution in [0.5, 0.6) is 0 Å². The molecule has 27 heavy (non-hydrogen) atoms. The second kappa shape index (κ2) is 7.65. The quantitative estimate of drug-likeness (QED) is 0.623. The van der Waals surface area contributed by atoms with Crippen LogP contribution in [0, 0.1) is 6.92 Å². The predicted molar refractivity (Wildman–Crippen MR) is 101 cm³/mol. The summed E-state index contributed by atoms with van der Waals surface area (Å²) in [6.07, 6.45) is -4.39. The average molecular weight is 372 g/mol. The minimum Gasteiger partial charge on any atom is -0.340 e. The Morgan fingerprint density at radius 1 is 0.963 bits per heavy atom. The van der Waals surface area contributed by atoms with Gasteiger partial charge in [-0.25, -0.2) is 4.98 Å². The van der Waals surface area contributed by atoms with Crippen molar-refractivity contribution in [3.63, 3.8) is 0 Å². The molecule has 1 heterocycles. The molecule has 0 radical (unpaired) electrons. The maximum atomic E-state index is 12.9. The molecule has 0 aliphatic carbocycles. The van der Waals surface area contributed by atoms with E-state index in [0.717, 1.165) is 17.8 Å². The van der Waals surface area contributed by atoms with Gasteiger partial charge in [0, 0.05) is 29.7 Å². The smallest absolute Gasteiger partial charge is 0.340 e. The highest BCUT2D eigenvalue weighted by atomic mass is 19.4. The number of benzene rings is 2. The molecule has 0 unspecified atom stereocenters. The molecule has 4 nitrogen and oxygen atoms in total. The van der Waals surface area contributed by atoms with Crippen molar-refractivity contribution in [2.24, 2.45) is 0 Å². The minimum absolute atomic E-state index is 0.316. The van der Waals surface area contributed by atoms with Crippen LogP contribution in [-0.4, -0.2) is 16.5 Å². The molecule has 1 aromatic heterocycles. The van der Waals surface area contributed by atoms with Gasteiger partial charge in [-0.2, -0.15) is 18.2 Å². The van der Waals surface area contributed by atoms with Gasteiger partial charge in [-0.1, -0.05) is 24.3 Å². The summed E-state index contributed by atoms with van der Waals surface area (Å²) in [5, 5.41) is 2.95. The molecule has 140 valence electrons. The molecule has 0 atom stereocenters. The maximum Gasteiger partial charge on any atom is 0.416 e. The highest BCUT2D eigenvalue weighted by Crippen LogP contribution is 2.31. The number of anilines is 4. The zero-order valence-corrected chi connectivity index (χ0v) is 15.0. The first kappa shape index (κ1) is 18.7. The van der Waals surface area contributed by atoms with Crippen molar-refractivity contribution in [3.8, 4) is 0 Å². The van der Waals surface area contributed by atoms with Gasteiger partial charge in [0.15, 0.2) is 0 Å². The zero-order valence-electron chi connectivity index (χ0n) is 15.0. The number of alkyl halides is 3. The second-order valence-corrected chi connectivity index (χ2v) is 5.98. The first-order chi connectivity index (χ1) is 12.9. The van der Waals surface area contributed by atoms with Gasteiger partial charge in [0.05, 0.1) is 5.56 Å². The van der Waals surface area contributed by atoms with E-state index in [1.165, 1.54) is 6.07 Å². The van der Waals surface area contributed by atoms with Gasteiger partial charge in [-0.15, -0.1) is 0 Å². The topological polar surface area (TPSA) is 41.1 Å². The van der Waals surface area contributed by atoms with Crippen LogP contribution in [0.3, 0.4) is 0 Å². The lowest BCUT2D eigenvalue weighted by molar-refractivity contribution is -0.137. The predicted octanol–water partition coefficient (Wildman–Crippen LogP) is 5.71. The minimum atomic E-state index is -4.39. The van der Waals surface area contributed by atoms with E-state index in [-0.39, 0.29) is 0 Å². The van der Waals surface area contributed by atoms with E-state index in [1.807, 2.05) is 49.1 Å². The Morgan fingerprint density at radius 2 is 1.70 bits per heavy atom. The van der Waals surface area contributed by atoms with Crippen molar-refractivity contribution in [2.75, 3.05) is 16.8 Å². The summed E-state index contributed by atoms with van der Waals surface area (Å²) in [6.45, 7) is 4.45. The fourth-order valence-electron chi connectivity index (χ4n) is 2.71. The van der Waals surface area contributed by atoms with Crippen LogP contribution in [0.2, 0.25) is 0 Å². The summed E-state index contributed by atoms with van der Waals surface area (Å²) in [5.41, 5.74) is 1.26. The average Bonchev–Trinajstić information content (AvgIpc) is 2.62. The number of para-hydroxylation sites is 1. The van der Waals surface area contributed by atoms with E-state index in [1.54, 1.807) is 12.1 Å². The number of hydrogen-bond acceptors (Lipinski definition) is 4. The third-order valence-electron chi connectivity index (χ3n) is 3.93. The van der Waals surface area contributed by atoms with E-state index in [4.69, 9.17) is 0 Å². The number of nitrogens with zero attached hydrogens (tertiary/aromatic N) is 3. The van der Waals surface area contributed by atoms with Gasteiger partial charge < -0.3 is 10.2 Å². The van der Waals surface area contributed by atoms with Crippen molar-refractivity contribution in [1.29, 1.82) is 0 Å². The lowest BCUT2D eigenvalue weighted by atomic mass is 10.2. The first-order valence-corrected chi connectivity index (χ1v) is 8.49. The molecule has 0 fully saturated rings. The van der Waals surface area contributed by atoms with E-state index in [2.05, 4.69) is 15.3 Å². The monoisotopic (exact) mass is 372 g/mol. The molecule has 3 aromatic rings. The van der Waals surface area contributed by atoms with Gasteiger partial charge in [0.1, 0.15) is 5.82 Å². The molecule has 0 saturated carbocycles. The Morgan fingerprint density at radius 3 is 2.37 bits per heavy atom. The van der Waals surface area contributed by atoms with Crippen molar-refractivity contribution in [1.82, 2.24) is 9.97 Å². The van der Waals surface area contributed by atoms with Crippen LogP contribution < -0.4 is 10.2 Å². The summed E-state index contributed by atoms with van der Waals surface area (Å²) >= 11 is 0. The van der Waals surface area contributed by atoms with Crippen molar-refractivity contribution in [2.45, 2.75) is 20.0 Å². The van der Waals surface area contributed by atoms with E-state index >= 15 is 0 Å². The maximum absolute atomic E-state index is 12.9. The summed E-state index contributed by atoms with van der Waals surface area (Å²) in [5.74, 6) is 0.921. The molecule has 0 saturated heterocycles. The van der Waals surface area contributed by atoms with Crippen molar-refractivity contribution >= 4 is 23.1 Å². The molecule has 0 spiro atoms. The summed E-state index contributed by atoms with van der Waals surface area (Å²) in [7, 11) is 0. The van der Waals surface area contributed by atoms with Gasteiger partial charge in [-0.05, 0) is 44.2 Å². The zero-order chi connectivity index (χ0) is 19.4. The summed E-state index contributed by atoms with van der Waals surface area (Å²) < 4.78 is 38.7. The Balaban J connectivity index is 1.92. The summed E-state index contributed by atoms with van der Waals surface area (Å²) in [4.78, 5) is 10.9. The van der Waals surface area contributed by atoms with Crippen molar-refractivity contribution in [3.05, 3.63) is 71.9 Å².